The molecular formula is C26H26ClFN2O5S2. The first-order chi connectivity index (χ1) is 17.8. The third-order valence-electron chi connectivity index (χ3n) is 5.51. The highest BCUT2D eigenvalue weighted by Crippen LogP contribution is 2.34. The summed E-state index contributed by atoms with van der Waals surface area (Å²) < 4.78 is 52.6. The first-order valence-electron chi connectivity index (χ1n) is 11.6. The Morgan fingerprint density at radius 3 is 2.51 bits per heavy atom. The van der Waals surface area contributed by atoms with Crippen molar-refractivity contribution >= 4 is 45.0 Å². The smallest absolute Gasteiger partial charge is 0.264 e. The molecule has 1 aliphatic rings. The van der Waals surface area contributed by atoms with Crippen molar-refractivity contribution in [2.75, 3.05) is 36.4 Å². The average molecular weight is 565 g/mol. The van der Waals surface area contributed by atoms with Crippen LogP contribution >= 0.6 is 23.4 Å². The van der Waals surface area contributed by atoms with Crippen LogP contribution in [0.2, 0.25) is 5.02 Å². The van der Waals surface area contributed by atoms with E-state index in [4.69, 9.17) is 21.1 Å². The molecule has 0 fully saturated rings. The number of anilines is 1. The summed E-state index contributed by atoms with van der Waals surface area (Å²) >= 11 is 7.87. The van der Waals surface area contributed by atoms with Gasteiger partial charge in [0.05, 0.1) is 10.6 Å². The first kappa shape index (κ1) is 27.1. The zero-order chi connectivity index (χ0) is 26.3. The number of benzene rings is 3. The highest BCUT2D eigenvalue weighted by molar-refractivity contribution is 7.98. The Morgan fingerprint density at radius 1 is 1.03 bits per heavy atom. The topological polar surface area (TPSA) is 84.9 Å². The van der Waals surface area contributed by atoms with E-state index in [-0.39, 0.29) is 10.6 Å². The van der Waals surface area contributed by atoms with Crippen molar-refractivity contribution in [1.29, 1.82) is 0 Å². The fraction of sp³-hybridized carbons (Fsp3) is 0.269. The molecule has 1 N–H and O–H groups in total. The lowest BCUT2D eigenvalue weighted by atomic mass is 10.2. The van der Waals surface area contributed by atoms with Gasteiger partial charge in [-0.15, -0.1) is 0 Å². The predicted molar refractivity (Wildman–Crippen MR) is 144 cm³/mol. The summed E-state index contributed by atoms with van der Waals surface area (Å²) in [6.45, 7) is 0.599. The van der Waals surface area contributed by atoms with Crippen molar-refractivity contribution in [3.05, 3.63) is 83.1 Å². The molecule has 3 aromatic carbocycles. The van der Waals surface area contributed by atoms with Crippen molar-refractivity contribution in [2.45, 2.75) is 17.1 Å². The number of halogens is 2. The molecule has 1 heterocycles. The molecule has 11 heteroatoms. The Hall–Kier alpha value is -2.95. The van der Waals surface area contributed by atoms with Gasteiger partial charge < -0.3 is 14.8 Å². The summed E-state index contributed by atoms with van der Waals surface area (Å²) in [5, 5.41) is 3.50. The maximum atomic E-state index is 13.6. The summed E-state index contributed by atoms with van der Waals surface area (Å²) in [4.78, 5) is 12.7. The van der Waals surface area contributed by atoms with E-state index >= 15 is 0 Å². The van der Waals surface area contributed by atoms with Crippen LogP contribution < -0.4 is 19.1 Å². The second-order valence-corrected chi connectivity index (χ2v) is 11.5. The van der Waals surface area contributed by atoms with Gasteiger partial charge in [-0.3, -0.25) is 9.10 Å². The van der Waals surface area contributed by atoms with Crippen LogP contribution in [0.15, 0.2) is 71.6 Å². The first-order valence-corrected chi connectivity index (χ1v) is 14.6. The Morgan fingerprint density at radius 2 is 1.76 bits per heavy atom. The number of rotatable bonds is 11. The largest absolute Gasteiger partial charge is 0.486 e. The number of thioether (sulfide) groups is 1. The molecule has 0 saturated carbocycles. The second-order valence-electron chi connectivity index (χ2n) is 8.14. The van der Waals surface area contributed by atoms with E-state index in [0.717, 1.165) is 38.5 Å². The van der Waals surface area contributed by atoms with Gasteiger partial charge in [-0.1, -0.05) is 29.8 Å². The Kier molecular flexibility index (Phi) is 9.18. The third kappa shape index (κ3) is 7.09. The van der Waals surface area contributed by atoms with Crippen molar-refractivity contribution < 1.29 is 27.1 Å². The van der Waals surface area contributed by atoms with E-state index < -0.39 is 28.3 Å². The lowest BCUT2D eigenvalue weighted by Gasteiger charge is -2.25. The zero-order valence-corrected chi connectivity index (χ0v) is 22.3. The van der Waals surface area contributed by atoms with Gasteiger partial charge >= 0.3 is 0 Å². The summed E-state index contributed by atoms with van der Waals surface area (Å²) in [7, 11) is -4.17. The van der Waals surface area contributed by atoms with Crippen molar-refractivity contribution in [1.82, 2.24) is 5.32 Å². The van der Waals surface area contributed by atoms with Crippen molar-refractivity contribution in [3.63, 3.8) is 0 Å². The fourth-order valence-electron chi connectivity index (χ4n) is 3.62. The Labute approximate surface area is 225 Å². The molecule has 0 saturated heterocycles. The zero-order valence-electron chi connectivity index (χ0n) is 19.9. The molecule has 3 aromatic rings. The molecule has 0 bridgehead atoms. The summed E-state index contributed by atoms with van der Waals surface area (Å²) in [5.74, 6) is 1.33. The van der Waals surface area contributed by atoms with Crippen LogP contribution in [-0.4, -0.2) is 46.4 Å². The molecule has 4 rings (SSSR count). The minimum atomic E-state index is -4.17. The van der Waals surface area contributed by atoms with Crippen LogP contribution in [0.1, 0.15) is 12.0 Å². The molecule has 1 aliphatic heterocycles. The molecule has 7 nitrogen and oxygen atoms in total. The molecule has 0 unspecified atom stereocenters. The van der Waals surface area contributed by atoms with Crippen LogP contribution in [0.5, 0.6) is 11.5 Å². The van der Waals surface area contributed by atoms with Crippen LogP contribution in [0.25, 0.3) is 0 Å². The summed E-state index contributed by atoms with van der Waals surface area (Å²) in [5.41, 5.74) is 1.22. The molecular weight excluding hydrogens is 539 g/mol. The lowest BCUT2D eigenvalue weighted by molar-refractivity contribution is -0.119. The third-order valence-corrected chi connectivity index (χ3v) is 8.74. The van der Waals surface area contributed by atoms with E-state index in [2.05, 4.69) is 5.32 Å². The Balaban J connectivity index is 1.39. The summed E-state index contributed by atoms with van der Waals surface area (Å²) in [6, 6.07) is 16.9. The van der Waals surface area contributed by atoms with Gasteiger partial charge in [0, 0.05) is 23.4 Å². The van der Waals surface area contributed by atoms with Crippen LogP contribution in [0.3, 0.4) is 0 Å². The number of sulfonamides is 1. The van der Waals surface area contributed by atoms with Gasteiger partial charge in [-0.25, -0.2) is 12.8 Å². The maximum Gasteiger partial charge on any atom is 0.264 e. The maximum absolute atomic E-state index is 13.6. The standard InChI is InChI=1S/C26H26ClFN2O5S2/c27-23-5-2-1-4-19(23)18-36-15-3-12-29-26(31)17-30(21-8-6-20(28)7-9-21)37(32,33)22-10-11-24-25(16-22)35-14-13-34-24/h1-2,4-11,16H,3,12-15,17-18H2,(H,29,31). The van der Waals surface area contributed by atoms with Gasteiger partial charge in [0.15, 0.2) is 11.5 Å². The van der Waals surface area contributed by atoms with Gasteiger partial charge in [0.25, 0.3) is 10.0 Å². The van der Waals surface area contributed by atoms with Crippen LogP contribution in [-0.2, 0) is 20.6 Å². The highest BCUT2D eigenvalue weighted by Gasteiger charge is 2.29. The minimum Gasteiger partial charge on any atom is -0.486 e. The fourth-order valence-corrected chi connectivity index (χ4v) is 6.30. The Bertz CT molecular complexity index is 1340. The van der Waals surface area contributed by atoms with E-state index in [9.17, 15) is 17.6 Å². The van der Waals surface area contributed by atoms with Crippen molar-refractivity contribution in [2.24, 2.45) is 0 Å². The van der Waals surface area contributed by atoms with E-state index in [1.807, 2.05) is 24.3 Å². The van der Waals surface area contributed by atoms with Crippen LogP contribution in [0.4, 0.5) is 10.1 Å². The minimum absolute atomic E-state index is 0.0650. The second kappa shape index (κ2) is 12.5. The van der Waals surface area contributed by atoms with E-state index in [0.29, 0.717) is 37.7 Å². The van der Waals surface area contributed by atoms with Crippen LogP contribution in [0, 0.1) is 5.82 Å². The predicted octanol–water partition coefficient (Wildman–Crippen LogP) is 4.89. The van der Waals surface area contributed by atoms with Crippen molar-refractivity contribution in [3.8, 4) is 11.5 Å². The van der Waals surface area contributed by atoms with E-state index in [1.165, 1.54) is 30.3 Å². The molecule has 0 aliphatic carbocycles. The molecule has 0 atom stereocenters. The normalized spacial score (nSPS) is 12.7. The SMILES string of the molecule is O=C(CN(c1ccc(F)cc1)S(=O)(=O)c1ccc2c(c1)OCCO2)NCCCSCc1ccccc1Cl. The molecule has 1 amide bonds. The molecule has 0 radical (unpaired) electrons. The van der Waals surface area contributed by atoms with Gasteiger partial charge in [-0.05, 0) is 60.2 Å². The van der Waals surface area contributed by atoms with E-state index in [1.54, 1.807) is 11.8 Å². The number of fused-ring (bicyclic) bond motifs is 1. The molecule has 37 heavy (non-hydrogen) atoms. The number of hydrogen-bond donors (Lipinski definition) is 1. The number of carbonyl (C=O) groups is 1. The number of amides is 1. The molecule has 0 spiro atoms. The van der Waals surface area contributed by atoms with Gasteiger partial charge in [0.1, 0.15) is 25.6 Å². The number of nitrogens with one attached hydrogen (secondary N) is 1. The average Bonchev–Trinajstić information content (AvgIpc) is 2.90. The monoisotopic (exact) mass is 564 g/mol. The number of hydrogen-bond acceptors (Lipinski definition) is 6. The number of nitrogens with zero attached hydrogens (tertiary/aromatic N) is 1. The number of ether oxygens (including phenoxy) is 2. The molecule has 0 aromatic heterocycles. The lowest BCUT2D eigenvalue weighted by Crippen LogP contribution is -2.41. The highest BCUT2D eigenvalue weighted by atomic mass is 35.5. The quantitative estimate of drug-likeness (QED) is 0.334. The van der Waals surface area contributed by atoms with Gasteiger partial charge in [0.2, 0.25) is 5.91 Å². The summed E-state index contributed by atoms with van der Waals surface area (Å²) in [6.07, 6.45) is 0.701. The number of carbonyl (C=O) groups excluding carboxylic acids is 1. The van der Waals surface area contributed by atoms with Gasteiger partial charge in [-0.2, -0.15) is 11.8 Å². The molecule has 196 valence electrons.